The van der Waals surface area contributed by atoms with Crippen molar-refractivity contribution in [1.82, 2.24) is 14.9 Å². The van der Waals surface area contributed by atoms with E-state index in [2.05, 4.69) is 59.1 Å². The fourth-order valence-corrected chi connectivity index (χ4v) is 4.48. The van der Waals surface area contributed by atoms with Gasteiger partial charge in [0.15, 0.2) is 5.82 Å². The summed E-state index contributed by atoms with van der Waals surface area (Å²) in [7, 11) is 0. The highest BCUT2D eigenvalue weighted by atomic mass is 35.5. The van der Waals surface area contributed by atoms with Crippen LogP contribution in [-0.2, 0) is 11.2 Å². The number of nitrogens with zero attached hydrogens (tertiary/aromatic N) is 3. The van der Waals surface area contributed by atoms with E-state index in [0.29, 0.717) is 15.9 Å². The SMILES string of the molecule is CCCc1nnc2n1N[C@H](c1ccc(C)cc1)[C@@H](C(=O)Nc1ccc(Cl)cc1)S2. The minimum Gasteiger partial charge on any atom is -0.325 e. The fraction of sp³-hybridized carbons (Fsp3) is 0.286. The molecule has 0 radical (unpaired) electrons. The van der Waals surface area contributed by atoms with Crippen LogP contribution in [-0.4, -0.2) is 26.0 Å². The summed E-state index contributed by atoms with van der Waals surface area (Å²) in [5, 5.41) is 12.5. The first kappa shape index (κ1) is 19.8. The van der Waals surface area contributed by atoms with Crippen LogP contribution in [0.25, 0.3) is 0 Å². The van der Waals surface area contributed by atoms with Crippen LogP contribution in [0.4, 0.5) is 5.69 Å². The maximum atomic E-state index is 13.2. The molecule has 1 aromatic heterocycles. The quantitative estimate of drug-likeness (QED) is 0.623. The zero-order valence-electron chi connectivity index (χ0n) is 16.2. The average molecular weight is 428 g/mol. The Kier molecular flexibility index (Phi) is 5.78. The molecule has 6 nitrogen and oxygen atoms in total. The van der Waals surface area contributed by atoms with Gasteiger partial charge in [-0.1, -0.05) is 60.1 Å². The van der Waals surface area contributed by atoms with Crippen LogP contribution in [0, 0.1) is 6.92 Å². The van der Waals surface area contributed by atoms with E-state index >= 15 is 0 Å². The van der Waals surface area contributed by atoms with Crippen molar-refractivity contribution in [1.29, 1.82) is 0 Å². The number of fused-ring (bicyclic) bond motifs is 1. The molecule has 0 spiro atoms. The van der Waals surface area contributed by atoms with Gasteiger partial charge in [0.05, 0.1) is 6.04 Å². The summed E-state index contributed by atoms with van der Waals surface area (Å²) in [6.45, 7) is 4.16. The average Bonchev–Trinajstić information content (AvgIpc) is 3.11. The van der Waals surface area contributed by atoms with Gasteiger partial charge in [0.1, 0.15) is 5.25 Å². The predicted octanol–water partition coefficient (Wildman–Crippen LogP) is 4.59. The smallest absolute Gasteiger partial charge is 0.240 e. The van der Waals surface area contributed by atoms with E-state index in [4.69, 9.17) is 11.6 Å². The first-order chi connectivity index (χ1) is 14.0. The number of aryl methyl sites for hydroxylation is 2. The molecular weight excluding hydrogens is 406 g/mol. The van der Waals surface area contributed by atoms with Gasteiger partial charge in [0.2, 0.25) is 11.1 Å². The lowest BCUT2D eigenvalue weighted by Gasteiger charge is -2.33. The summed E-state index contributed by atoms with van der Waals surface area (Å²) < 4.78 is 1.92. The van der Waals surface area contributed by atoms with Crippen molar-refractivity contribution in [2.75, 3.05) is 10.7 Å². The third kappa shape index (κ3) is 4.26. The van der Waals surface area contributed by atoms with Crippen LogP contribution < -0.4 is 10.7 Å². The largest absolute Gasteiger partial charge is 0.325 e. The van der Waals surface area contributed by atoms with E-state index in [1.54, 1.807) is 24.3 Å². The van der Waals surface area contributed by atoms with Crippen LogP contribution in [0.5, 0.6) is 0 Å². The Bertz CT molecular complexity index is 1000. The molecule has 3 aromatic rings. The van der Waals surface area contributed by atoms with Crippen LogP contribution in [0.2, 0.25) is 5.02 Å². The number of hydrogen-bond acceptors (Lipinski definition) is 5. The van der Waals surface area contributed by atoms with Crippen molar-refractivity contribution in [2.45, 2.75) is 43.1 Å². The van der Waals surface area contributed by atoms with Gasteiger partial charge < -0.3 is 10.7 Å². The zero-order chi connectivity index (χ0) is 20.4. The van der Waals surface area contributed by atoms with Crippen molar-refractivity contribution >= 4 is 35.0 Å². The van der Waals surface area contributed by atoms with Gasteiger partial charge in [-0.3, -0.25) is 4.79 Å². The second-order valence-electron chi connectivity index (χ2n) is 7.04. The van der Waals surface area contributed by atoms with Crippen LogP contribution in [0.3, 0.4) is 0 Å². The molecule has 0 saturated heterocycles. The topological polar surface area (TPSA) is 71.8 Å². The molecule has 8 heteroatoms. The number of aromatic nitrogens is 3. The zero-order valence-corrected chi connectivity index (χ0v) is 17.8. The molecule has 2 heterocycles. The second-order valence-corrected chi connectivity index (χ2v) is 8.58. The Labute approximate surface area is 179 Å². The van der Waals surface area contributed by atoms with Crippen molar-refractivity contribution in [3.05, 3.63) is 70.5 Å². The molecule has 0 bridgehead atoms. The molecule has 0 saturated carbocycles. The van der Waals surface area contributed by atoms with Gasteiger partial charge in [-0.25, -0.2) is 4.68 Å². The lowest BCUT2D eigenvalue weighted by atomic mass is 10.0. The molecule has 1 amide bonds. The summed E-state index contributed by atoms with van der Waals surface area (Å²) in [5.74, 6) is 0.783. The van der Waals surface area contributed by atoms with Crippen LogP contribution in [0.15, 0.2) is 53.7 Å². The molecule has 150 valence electrons. The third-order valence-corrected chi connectivity index (χ3v) is 6.25. The molecule has 2 aromatic carbocycles. The summed E-state index contributed by atoms with van der Waals surface area (Å²) in [4.78, 5) is 13.2. The Morgan fingerprint density at radius 2 is 1.90 bits per heavy atom. The number of carbonyl (C=O) groups excluding carboxylic acids is 1. The minimum absolute atomic E-state index is 0.0957. The summed E-state index contributed by atoms with van der Waals surface area (Å²) in [6.07, 6.45) is 1.79. The molecule has 4 rings (SSSR count). The molecular formula is C21H22ClN5OS. The van der Waals surface area contributed by atoms with Crippen molar-refractivity contribution in [2.24, 2.45) is 0 Å². The van der Waals surface area contributed by atoms with Gasteiger partial charge in [0.25, 0.3) is 0 Å². The Morgan fingerprint density at radius 3 is 2.59 bits per heavy atom. The Morgan fingerprint density at radius 1 is 1.17 bits per heavy atom. The standard InChI is InChI=1S/C21H22ClN5OS/c1-3-4-17-24-25-21-27(17)26-18(14-7-5-13(2)6-8-14)19(29-21)20(28)23-16-11-9-15(22)10-12-16/h5-12,18-19,26H,3-4H2,1-2H3,(H,23,28)/t18-,19+/m1/s1. The molecule has 2 atom stereocenters. The van der Waals surface area contributed by atoms with Crippen molar-refractivity contribution in [3.63, 3.8) is 0 Å². The normalized spacial score (nSPS) is 18.0. The molecule has 1 aliphatic rings. The molecule has 0 aliphatic carbocycles. The van der Waals surface area contributed by atoms with Crippen LogP contribution >= 0.6 is 23.4 Å². The van der Waals surface area contributed by atoms with E-state index in [1.165, 1.54) is 17.3 Å². The van der Waals surface area contributed by atoms with Gasteiger partial charge in [-0.2, -0.15) is 0 Å². The number of thioether (sulfide) groups is 1. The van der Waals surface area contributed by atoms with Gasteiger partial charge in [0, 0.05) is 17.1 Å². The highest BCUT2D eigenvalue weighted by Gasteiger charge is 2.37. The van der Waals surface area contributed by atoms with E-state index in [-0.39, 0.29) is 11.9 Å². The molecule has 2 N–H and O–H groups in total. The van der Waals surface area contributed by atoms with Gasteiger partial charge in [-0.15, -0.1) is 10.2 Å². The number of amides is 1. The molecule has 1 aliphatic heterocycles. The number of halogens is 1. The van der Waals surface area contributed by atoms with Gasteiger partial charge >= 0.3 is 0 Å². The lowest BCUT2D eigenvalue weighted by Crippen LogP contribution is -2.41. The fourth-order valence-electron chi connectivity index (χ4n) is 3.25. The maximum absolute atomic E-state index is 13.2. The minimum atomic E-state index is -0.403. The number of anilines is 1. The first-order valence-corrected chi connectivity index (χ1v) is 10.8. The summed E-state index contributed by atoms with van der Waals surface area (Å²) in [5.41, 5.74) is 6.41. The lowest BCUT2D eigenvalue weighted by molar-refractivity contribution is -0.116. The number of nitrogens with one attached hydrogen (secondary N) is 2. The highest BCUT2D eigenvalue weighted by molar-refractivity contribution is 8.00. The summed E-state index contributed by atoms with van der Waals surface area (Å²) >= 11 is 7.38. The molecule has 0 fully saturated rings. The molecule has 0 unspecified atom stereocenters. The predicted molar refractivity (Wildman–Crippen MR) is 117 cm³/mol. The highest BCUT2D eigenvalue weighted by Crippen LogP contribution is 2.37. The van der Waals surface area contributed by atoms with Crippen molar-refractivity contribution in [3.8, 4) is 0 Å². The summed E-state index contributed by atoms with van der Waals surface area (Å²) in [6, 6.07) is 15.1. The van der Waals surface area contributed by atoms with E-state index in [1.807, 2.05) is 4.68 Å². The number of benzene rings is 2. The number of rotatable bonds is 5. The van der Waals surface area contributed by atoms with Crippen LogP contribution in [0.1, 0.15) is 36.3 Å². The number of hydrogen-bond donors (Lipinski definition) is 2. The maximum Gasteiger partial charge on any atom is 0.240 e. The monoisotopic (exact) mass is 427 g/mol. The Balaban J connectivity index is 1.65. The molecule has 29 heavy (non-hydrogen) atoms. The van der Waals surface area contributed by atoms with E-state index in [9.17, 15) is 4.79 Å². The Hall–Kier alpha value is -2.51. The third-order valence-electron chi connectivity index (χ3n) is 4.78. The second kappa shape index (κ2) is 8.47. The van der Waals surface area contributed by atoms with E-state index < -0.39 is 5.25 Å². The van der Waals surface area contributed by atoms with Crippen molar-refractivity contribution < 1.29 is 4.79 Å². The number of carbonyl (C=O) groups is 1. The first-order valence-electron chi connectivity index (χ1n) is 9.55. The van der Waals surface area contributed by atoms with E-state index in [0.717, 1.165) is 24.2 Å². The van der Waals surface area contributed by atoms with Gasteiger partial charge in [-0.05, 0) is 43.2 Å².